The van der Waals surface area contributed by atoms with Gasteiger partial charge in [-0.1, -0.05) is 11.8 Å². The summed E-state index contributed by atoms with van der Waals surface area (Å²) in [5.41, 5.74) is 0.0202. The first kappa shape index (κ1) is 18.5. The van der Waals surface area contributed by atoms with Gasteiger partial charge in [-0.3, -0.25) is 4.79 Å². The first-order valence-corrected chi connectivity index (χ1v) is 10.4. The van der Waals surface area contributed by atoms with Crippen LogP contribution < -0.4 is 20.9 Å². The normalized spacial score (nSPS) is 18.6. The van der Waals surface area contributed by atoms with Gasteiger partial charge in [0.05, 0.1) is 25.7 Å². The number of nitrogens with zero attached hydrogens (tertiary/aromatic N) is 3. The molecule has 0 saturated carbocycles. The molecule has 1 aliphatic heterocycles. The number of hydrogen-bond acceptors (Lipinski definition) is 9. The van der Waals surface area contributed by atoms with E-state index in [1.165, 1.54) is 14.2 Å². The van der Waals surface area contributed by atoms with Crippen molar-refractivity contribution >= 4 is 21.6 Å². The van der Waals surface area contributed by atoms with Gasteiger partial charge in [-0.2, -0.15) is 4.68 Å². The lowest BCUT2D eigenvalue weighted by Crippen LogP contribution is -2.32. The minimum atomic E-state index is -3.03. The molecule has 1 atom stereocenters. The van der Waals surface area contributed by atoms with Gasteiger partial charge < -0.3 is 15.3 Å². The monoisotopic (exact) mass is 398 g/mol. The molecule has 0 aliphatic carbocycles. The molecule has 1 aromatic heterocycles. The first-order valence-electron chi connectivity index (χ1n) is 7.69. The van der Waals surface area contributed by atoms with Crippen molar-refractivity contribution in [2.75, 3.05) is 31.6 Å². The highest BCUT2D eigenvalue weighted by Gasteiger charge is 2.30. The molecule has 26 heavy (non-hydrogen) atoms. The lowest BCUT2D eigenvalue weighted by molar-refractivity contribution is 0.355. The zero-order valence-electron chi connectivity index (χ0n) is 14.2. The van der Waals surface area contributed by atoms with Crippen molar-refractivity contribution in [3.05, 3.63) is 28.6 Å². The van der Waals surface area contributed by atoms with Gasteiger partial charge in [0.25, 0.3) is 5.56 Å². The van der Waals surface area contributed by atoms with Gasteiger partial charge in [0.2, 0.25) is 5.16 Å². The van der Waals surface area contributed by atoms with Gasteiger partial charge in [-0.05, 0) is 24.6 Å². The van der Waals surface area contributed by atoms with E-state index in [1.54, 1.807) is 18.2 Å². The zero-order chi connectivity index (χ0) is 18.9. The molecule has 140 valence electrons. The van der Waals surface area contributed by atoms with Gasteiger partial charge in [0.1, 0.15) is 0 Å². The first-order chi connectivity index (χ1) is 12.3. The third kappa shape index (κ3) is 3.63. The Labute approximate surface area is 154 Å². The van der Waals surface area contributed by atoms with E-state index < -0.39 is 15.4 Å². The molecule has 0 spiro atoms. The molecule has 0 unspecified atom stereocenters. The molecule has 2 heterocycles. The maximum Gasteiger partial charge on any atom is 0.299 e. The van der Waals surface area contributed by atoms with Gasteiger partial charge in [-0.25, -0.2) is 8.42 Å². The summed E-state index contributed by atoms with van der Waals surface area (Å²) in [6, 6.07) is 4.92. The third-order valence-corrected chi connectivity index (χ3v) is 7.19. The quantitative estimate of drug-likeness (QED) is 0.708. The van der Waals surface area contributed by atoms with Crippen LogP contribution in [0.25, 0.3) is 11.3 Å². The fourth-order valence-electron chi connectivity index (χ4n) is 2.63. The maximum atomic E-state index is 12.6. The second-order valence-corrected chi connectivity index (χ2v) is 9.22. The van der Waals surface area contributed by atoms with Crippen LogP contribution in [0.5, 0.6) is 11.5 Å². The van der Waals surface area contributed by atoms with Gasteiger partial charge in [0, 0.05) is 10.8 Å². The molecule has 1 aromatic carbocycles. The van der Waals surface area contributed by atoms with Crippen LogP contribution in [0.15, 0.2) is 28.2 Å². The summed E-state index contributed by atoms with van der Waals surface area (Å²) in [4.78, 5) is 12.6. The Morgan fingerprint density at radius 3 is 2.58 bits per heavy atom. The highest BCUT2D eigenvalue weighted by Crippen LogP contribution is 2.31. The smallest absolute Gasteiger partial charge is 0.299 e. The zero-order valence-corrected chi connectivity index (χ0v) is 15.8. The SMILES string of the molecule is COc1ccc(-c2nnc(S[C@H]3CCS(=O)(=O)C3)n(N)c2=O)cc1OC. The standard InChI is InChI=1S/C15H18N4O5S2/c1-23-11-4-3-9(7-12(11)24-2)13-14(20)19(16)15(18-17-13)25-10-5-6-26(21,22)8-10/h3-4,7,10H,5-6,8,16H2,1-2H3/t10-/m0/s1. The second-order valence-electron chi connectivity index (χ2n) is 5.72. The summed E-state index contributed by atoms with van der Waals surface area (Å²) in [6.07, 6.45) is 0.500. The summed E-state index contributed by atoms with van der Waals surface area (Å²) in [5, 5.41) is 7.99. The third-order valence-electron chi connectivity index (χ3n) is 3.98. The van der Waals surface area contributed by atoms with Crippen molar-refractivity contribution in [1.29, 1.82) is 0 Å². The topological polar surface area (TPSA) is 126 Å². The molecule has 2 aromatic rings. The van der Waals surface area contributed by atoms with E-state index in [9.17, 15) is 13.2 Å². The van der Waals surface area contributed by atoms with Crippen molar-refractivity contribution in [1.82, 2.24) is 14.9 Å². The number of ether oxygens (including phenoxy) is 2. The fourth-order valence-corrected chi connectivity index (χ4v) is 6.04. The van der Waals surface area contributed by atoms with Gasteiger partial charge in [-0.15, -0.1) is 10.2 Å². The predicted molar refractivity (Wildman–Crippen MR) is 97.9 cm³/mol. The van der Waals surface area contributed by atoms with E-state index in [0.717, 1.165) is 16.4 Å². The molecule has 1 aliphatic rings. The van der Waals surface area contributed by atoms with Crippen molar-refractivity contribution in [3.8, 4) is 22.8 Å². The Kier molecular flexibility index (Phi) is 5.10. The summed E-state index contributed by atoms with van der Waals surface area (Å²) in [7, 11) is -0.0237. The Morgan fingerprint density at radius 1 is 1.23 bits per heavy atom. The fraction of sp³-hybridized carbons (Fsp3) is 0.400. The highest BCUT2D eigenvalue weighted by atomic mass is 32.2. The molecule has 1 fully saturated rings. The maximum absolute atomic E-state index is 12.6. The Balaban J connectivity index is 1.92. The van der Waals surface area contributed by atoms with Crippen molar-refractivity contribution in [3.63, 3.8) is 0 Å². The summed E-state index contributed by atoms with van der Waals surface area (Å²) in [6.45, 7) is 0. The molecule has 3 rings (SSSR count). The summed E-state index contributed by atoms with van der Waals surface area (Å²) in [5.74, 6) is 7.02. The van der Waals surface area contributed by atoms with Crippen molar-refractivity contribution in [2.45, 2.75) is 16.8 Å². The average Bonchev–Trinajstić information content (AvgIpc) is 2.97. The Hall–Kier alpha value is -2.27. The number of nitrogens with two attached hydrogens (primary N) is 1. The summed E-state index contributed by atoms with van der Waals surface area (Å²) >= 11 is 1.15. The molecular formula is C15H18N4O5S2. The minimum absolute atomic E-state index is 0.0466. The van der Waals surface area contributed by atoms with Crippen LogP contribution in [0.1, 0.15) is 6.42 Å². The van der Waals surface area contributed by atoms with E-state index in [0.29, 0.717) is 23.5 Å². The molecule has 9 nitrogen and oxygen atoms in total. The van der Waals surface area contributed by atoms with E-state index in [4.69, 9.17) is 15.3 Å². The summed E-state index contributed by atoms with van der Waals surface area (Å²) < 4.78 is 34.4. The second kappa shape index (κ2) is 7.16. The van der Waals surface area contributed by atoms with Crippen LogP contribution >= 0.6 is 11.8 Å². The number of hydrogen-bond donors (Lipinski definition) is 1. The van der Waals surface area contributed by atoms with E-state index in [-0.39, 0.29) is 27.6 Å². The largest absolute Gasteiger partial charge is 0.493 e. The molecule has 11 heteroatoms. The Bertz CT molecular complexity index is 990. The van der Waals surface area contributed by atoms with Crippen molar-refractivity contribution < 1.29 is 17.9 Å². The molecular weight excluding hydrogens is 380 g/mol. The number of sulfone groups is 1. The number of aromatic nitrogens is 3. The van der Waals surface area contributed by atoms with Gasteiger partial charge in [0.15, 0.2) is 27.0 Å². The van der Waals surface area contributed by atoms with Gasteiger partial charge >= 0.3 is 0 Å². The molecule has 0 radical (unpaired) electrons. The Morgan fingerprint density at radius 2 is 1.96 bits per heavy atom. The lowest BCUT2D eigenvalue weighted by Gasteiger charge is -2.12. The van der Waals surface area contributed by atoms with Crippen LogP contribution in [-0.2, 0) is 9.84 Å². The van der Waals surface area contributed by atoms with Crippen molar-refractivity contribution in [2.24, 2.45) is 0 Å². The van der Waals surface area contributed by atoms with Crippen LogP contribution in [0.2, 0.25) is 0 Å². The number of thioether (sulfide) groups is 1. The van der Waals surface area contributed by atoms with Crippen LogP contribution in [0.4, 0.5) is 0 Å². The van der Waals surface area contributed by atoms with E-state index in [1.807, 2.05) is 0 Å². The minimum Gasteiger partial charge on any atom is -0.493 e. The average molecular weight is 398 g/mol. The van der Waals surface area contributed by atoms with E-state index >= 15 is 0 Å². The molecule has 0 amide bonds. The number of rotatable bonds is 5. The predicted octanol–water partition coefficient (Wildman–Crippen LogP) is 0.316. The van der Waals surface area contributed by atoms with E-state index in [2.05, 4.69) is 10.2 Å². The molecule has 0 bridgehead atoms. The van der Waals surface area contributed by atoms with Crippen LogP contribution in [0, 0.1) is 0 Å². The number of benzene rings is 1. The van der Waals surface area contributed by atoms with Crippen LogP contribution in [-0.4, -0.2) is 54.3 Å². The van der Waals surface area contributed by atoms with Crippen LogP contribution in [0.3, 0.4) is 0 Å². The number of nitrogen functional groups attached to an aromatic ring is 1. The highest BCUT2D eigenvalue weighted by molar-refractivity contribution is 8.01. The lowest BCUT2D eigenvalue weighted by atomic mass is 10.1. The number of methoxy groups -OCH3 is 2. The molecule has 2 N–H and O–H groups in total. The molecule has 1 saturated heterocycles.